The second-order valence-electron chi connectivity index (χ2n) is 9.09. The molecule has 0 fully saturated rings. The van der Waals surface area contributed by atoms with Gasteiger partial charge in [-0.05, 0) is 55.8 Å². The molecule has 1 heterocycles. The standard InChI is InChI=1S/C28H30FN3O6S/c1-19-4-6-21(7-5-19)17-31(20(2)28(34)30-3)27(33)18-32(23-10-8-22(29)9-11-23)39(35,36)24-12-13-25-26(16-24)38-15-14-37-25/h4-13,16,20H,14-15,17-18H2,1-3H3,(H,30,34)/t20-/m1/s1. The number of fused-ring (bicyclic) bond motifs is 1. The van der Waals surface area contributed by atoms with Crippen LogP contribution in [0.1, 0.15) is 18.1 Å². The number of carbonyl (C=O) groups excluding carboxylic acids is 2. The van der Waals surface area contributed by atoms with E-state index in [4.69, 9.17) is 9.47 Å². The maximum Gasteiger partial charge on any atom is 0.264 e. The van der Waals surface area contributed by atoms with Gasteiger partial charge in [-0.2, -0.15) is 0 Å². The molecular formula is C28H30FN3O6S. The highest BCUT2D eigenvalue weighted by atomic mass is 32.2. The van der Waals surface area contributed by atoms with Crippen molar-refractivity contribution in [1.82, 2.24) is 10.2 Å². The van der Waals surface area contributed by atoms with Crippen LogP contribution in [0.3, 0.4) is 0 Å². The lowest BCUT2D eigenvalue weighted by atomic mass is 10.1. The molecule has 206 valence electrons. The first-order valence-electron chi connectivity index (χ1n) is 12.3. The van der Waals surface area contributed by atoms with E-state index in [-0.39, 0.29) is 29.5 Å². The van der Waals surface area contributed by atoms with Crippen LogP contribution in [0.25, 0.3) is 0 Å². The molecule has 9 nitrogen and oxygen atoms in total. The molecule has 39 heavy (non-hydrogen) atoms. The van der Waals surface area contributed by atoms with Crippen LogP contribution in [0.4, 0.5) is 10.1 Å². The number of carbonyl (C=O) groups is 2. The van der Waals surface area contributed by atoms with E-state index in [1.807, 2.05) is 31.2 Å². The van der Waals surface area contributed by atoms with Crippen molar-refractivity contribution in [3.63, 3.8) is 0 Å². The molecule has 1 atom stereocenters. The van der Waals surface area contributed by atoms with Crippen molar-refractivity contribution < 1.29 is 31.9 Å². The van der Waals surface area contributed by atoms with E-state index in [0.717, 1.165) is 27.6 Å². The number of ether oxygens (including phenoxy) is 2. The monoisotopic (exact) mass is 555 g/mol. The number of hydrogen-bond acceptors (Lipinski definition) is 6. The van der Waals surface area contributed by atoms with Gasteiger partial charge in [-0.25, -0.2) is 12.8 Å². The van der Waals surface area contributed by atoms with Crippen LogP contribution in [-0.2, 0) is 26.2 Å². The summed E-state index contributed by atoms with van der Waals surface area (Å²) in [6, 6.07) is 15.6. The summed E-state index contributed by atoms with van der Waals surface area (Å²) in [6.07, 6.45) is 0. The lowest BCUT2D eigenvalue weighted by molar-refractivity contribution is -0.139. The Morgan fingerprint density at radius 2 is 1.62 bits per heavy atom. The zero-order valence-corrected chi connectivity index (χ0v) is 22.7. The number of rotatable bonds is 9. The lowest BCUT2D eigenvalue weighted by Gasteiger charge is -2.32. The average molecular weight is 556 g/mol. The van der Waals surface area contributed by atoms with E-state index in [1.165, 1.54) is 42.3 Å². The van der Waals surface area contributed by atoms with Gasteiger partial charge in [0.2, 0.25) is 11.8 Å². The van der Waals surface area contributed by atoms with Crippen molar-refractivity contribution >= 4 is 27.5 Å². The van der Waals surface area contributed by atoms with Crippen molar-refractivity contribution in [1.29, 1.82) is 0 Å². The van der Waals surface area contributed by atoms with Crippen LogP contribution in [0.5, 0.6) is 11.5 Å². The van der Waals surface area contributed by atoms with Crippen molar-refractivity contribution in [2.24, 2.45) is 0 Å². The number of amides is 2. The third kappa shape index (κ3) is 6.31. The van der Waals surface area contributed by atoms with Crippen LogP contribution in [-0.4, -0.2) is 58.0 Å². The van der Waals surface area contributed by atoms with E-state index in [1.54, 1.807) is 6.92 Å². The first kappa shape index (κ1) is 27.9. The van der Waals surface area contributed by atoms with Gasteiger partial charge in [-0.3, -0.25) is 13.9 Å². The zero-order chi connectivity index (χ0) is 28.2. The van der Waals surface area contributed by atoms with Crippen LogP contribution < -0.4 is 19.1 Å². The molecular weight excluding hydrogens is 525 g/mol. The second-order valence-corrected chi connectivity index (χ2v) is 11.0. The highest BCUT2D eigenvalue weighted by Gasteiger charge is 2.33. The predicted octanol–water partition coefficient (Wildman–Crippen LogP) is 3.26. The van der Waals surface area contributed by atoms with Crippen LogP contribution in [0.15, 0.2) is 71.6 Å². The molecule has 0 aliphatic carbocycles. The fourth-order valence-corrected chi connectivity index (χ4v) is 5.56. The van der Waals surface area contributed by atoms with Crippen molar-refractivity contribution in [2.45, 2.75) is 31.3 Å². The average Bonchev–Trinajstić information content (AvgIpc) is 2.94. The number of sulfonamides is 1. The topological polar surface area (TPSA) is 105 Å². The summed E-state index contributed by atoms with van der Waals surface area (Å²) >= 11 is 0. The molecule has 0 radical (unpaired) electrons. The molecule has 0 aromatic heterocycles. The van der Waals surface area contributed by atoms with Crippen LogP contribution >= 0.6 is 0 Å². The van der Waals surface area contributed by atoms with Gasteiger partial charge < -0.3 is 19.7 Å². The Labute approximate surface area is 227 Å². The molecule has 0 unspecified atom stereocenters. The van der Waals surface area contributed by atoms with Gasteiger partial charge in [0.1, 0.15) is 31.6 Å². The number of benzene rings is 3. The van der Waals surface area contributed by atoms with E-state index < -0.39 is 40.2 Å². The number of likely N-dealkylation sites (N-methyl/N-ethyl adjacent to an activating group) is 1. The summed E-state index contributed by atoms with van der Waals surface area (Å²) < 4.78 is 53.5. The van der Waals surface area contributed by atoms with Gasteiger partial charge >= 0.3 is 0 Å². The molecule has 0 spiro atoms. The molecule has 0 saturated carbocycles. The van der Waals surface area contributed by atoms with E-state index in [2.05, 4.69) is 5.32 Å². The number of nitrogens with zero attached hydrogens (tertiary/aromatic N) is 2. The maximum atomic E-state index is 13.9. The normalized spacial score (nSPS) is 13.3. The first-order valence-corrected chi connectivity index (χ1v) is 13.8. The Bertz CT molecular complexity index is 1450. The second kappa shape index (κ2) is 11.7. The minimum atomic E-state index is -4.33. The minimum Gasteiger partial charge on any atom is -0.486 e. The molecule has 3 aromatic rings. The Hall–Kier alpha value is -4.12. The van der Waals surface area contributed by atoms with Crippen LogP contribution in [0, 0.1) is 12.7 Å². The Balaban J connectivity index is 1.72. The van der Waals surface area contributed by atoms with Gasteiger partial charge in [0.25, 0.3) is 10.0 Å². The highest BCUT2D eigenvalue weighted by molar-refractivity contribution is 7.92. The Morgan fingerprint density at radius 1 is 0.974 bits per heavy atom. The predicted molar refractivity (Wildman–Crippen MR) is 144 cm³/mol. The van der Waals surface area contributed by atoms with Crippen molar-refractivity contribution in [2.75, 3.05) is 31.1 Å². The zero-order valence-electron chi connectivity index (χ0n) is 21.9. The summed E-state index contributed by atoms with van der Waals surface area (Å²) in [5.74, 6) is -0.901. The summed E-state index contributed by atoms with van der Waals surface area (Å²) in [4.78, 5) is 27.5. The van der Waals surface area contributed by atoms with Crippen LogP contribution in [0.2, 0.25) is 0 Å². The third-order valence-electron chi connectivity index (χ3n) is 6.38. The summed E-state index contributed by atoms with van der Waals surface area (Å²) in [6.45, 7) is 3.56. The van der Waals surface area contributed by atoms with Crippen molar-refractivity contribution in [3.05, 3.63) is 83.7 Å². The van der Waals surface area contributed by atoms with Gasteiger partial charge in [-0.15, -0.1) is 0 Å². The lowest BCUT2D eigenvalue weighted by Crippen LogP contribution is -2.50. The van der Waals surface area contributed by atoms with Gasteiger partial charge in [-0.1, -0.05) is 29.8 Å². The largest absolute Gasteiger partial charge is 0.486 e. The Kier molecular flexibility index (Phi) is 8.39. The molecule has 2 amide bonds. The number of halogens is 1. The molecule has 3 aromatic carbocycles. The fraction of sp³-hybridized carbons (Fsp3) is 0.286. The van der Waals surface area contributed by atoms with E-state index in [0.29, 0.717) is 12.4 Å². The van der Waals surface area contributed by atoms with E-state index in [9.17, 15) is 22.4 Å². The molecule has 0 bridgehead atoms. The number of anilines is 1. The first-order chi connectivity index (χ1) is 18.6. The molecule has 1 aliphatic rings. The third-order valence-corrected chi connectivity index (χ3v) is 8.15. The Morgan fingerprint density at radius 3 is 2.26 bits per heavy atom. The quantitative estimate of drug-likeness (QED) is 0.435. The van der Waals surface area contributed by atoms with Gasteiger partial charge in [0.05, 0.1) is 10.6 Å². The van der Waals surface area contributed by atoms with Crippen molar-refractivity contribution in [3.8, 4) is 11.5 Å². The number of hydrogen-bond donors (Lipinski definition) is 1. The summed E-state index contributed by atoms with van der Waals surface area (Å²) in [7, 11) is -2.87. The SMILES string of the molecule is CNC(=O)[C@@H](C)N(Cc1ccc(C)cc1)C(=O)CN(c1ccc(F)cc1)S(=O)(=O)c1ccc2c(c1)OCCO2. The van der Waals surface area contributed by atoms with Gasteiger partial charge in [0, 0.05) is 19.7 Å². The fourth-order valence-electron chi connectivity index (χ4n) is 4.13. The maximum absolute atomic E-state index is 13.9. The molecule has 0 saturated heterocycles. The summed E-state index contributed by atoms with van der Waals surface area (Å²) in [5.41, 5.74) is 1.89. The molecule has 4 rings (SSSR count). The molecule has 1 N–H and O–H groups in total. The number of aryl methyl sites for hydroxylation is 1. The molecule has 11 heteroatoms. The van der Waals surface area contributed by atoms with Gasteiger partial charge in [0.15, 0.2) is 11.5 Å². The highest BCUT2D eigenvalue weighted by Crippen LogP contribution is 2.34. The van der Waals surface area contributed by atoms with E-state index >= 15 is 0 Å². The smallest absolute Gasteiger partial charge is 0.264 e. The molecule has 1 aliphatic heterocycles. The minimum absolute atomic E-state index is 0.0784. The summed E-state index contributed by atoms with van der Waals surface area (Å²) in [5, 5.41) is 2.54. The number of nitrogens with one attached hydrogen (secondary N) is 1.